The van der Waals surface area contributed by atoms with Crippen molar-refractivity contribution >= 4 is 16.8 Å². The lowest BCUT2D eigenvalue weighted by atomic mass is 10.1. The van der Waals surface area contributed by atoms with Gasteiger partial charge in [-0.1, -0.05) is 18.2 Å². The van der Waals surface area contributed by atoms with Crippen LogP contribution in [0, 0.1) is 13.8 Å². The molecule has 2 aromatic heterocycles. The van der Waals surface area contributed by atoms with Gasteiger partial charge in [-0.15, -0.1) is 0 Å². The van der Waals surface area contributed by atoms with E-state index in [1.807, 2.05) is 37.3 Å². The van der Waals surface area contributed by atoms with E-state index < -0.39 is 0 Å². The van der Waals surface area contributed by atoms with Crippen LogP contribution in [-0.2, 0) is 11.3 Å². The zero-order chi connectivity index (χ0) is 21.8. The average Bonchev–Trinajstić information content (AvgIpc) is 3.27. The number of amides is 1. The molecule has 1 aliphatic rings. The van der Waals surface area contributed by atoms with Crippen LogP contribution >= 0.6 is 0 Å². The fourth-order valence-corrected chi connectivity index (χ4v) is 3.84. The van der Waals surface area contributed by atoms with E-state index in [1.54, 1.807) is 23.8 Å². The minimum Gasteiger partial charge on any atom is -0.489 e. The molecule has 1 saturated heterocycles. The lowest BCUT2D eigenvalue weighted by Crippen LogP contribution is -2.37. The van der Waals surface area contributed by atoms with Gasteiger partial charge in [0.2, 0.25) is 0 Å². The number of nitrogens with zero attached hydrogens (tertiary/aromatic N) is 2. The number of aromatic nitrogens is 2. The van der Waals surface area contributed by atoms with Gasteiger partial charge in [0.1, 0.15) is 23.4 Å². The van der Waals surface area contributed by atoms with Crippen LogP contribution in [0.4, 0.5) is 0 Å². The van der Waals surface area contributed by atoms with E-state index in [2.05, 4.69) is 10.3 Å². The summed E-state index contributed by atoms with van der Waals surface area (Å²) in [5.74, 6) is 0.282. The third kappa shape index (κ3) is 4.77. The molecule has 3 aromatic rings. The Morgan fingerprint density at radius 1 is 1.26 bits per heavy atom. The molecule has 1 aliphatic heterocycles. The number of carbonyl (C=O) groups excluding carboxylic acids is 1. The lowest BCUT2D eigenvalue weighted by Gasteiger charge is -2.14. The molecule has 162 valence electrons. The molecule has 1 atom stereocenters. The van der Waals surface area contributed by atoms with Crippen LogP contribution < -0.4 is 15.6 Å². The lowest BCUT2D eigenvalue weighted by molar-refractivity contribution is 0.0926. The highest BCUT2D eigenvalue weighted by Gasteiger charge is 2.20. The van der Waals surface area contributed by atoms with Gasteiger partial charge in [0.15, 0.2) is 0 Å². The van der Waals surface area contributed by atoms with E-state index in [1.165, 1.54) is 0 Å². The molecule has 1 unspecified atom stereocenters. The molecule has 1 N–H and O–H groups in total. The van der Waals surface area contributed by atoms with Crippen molar-refractivity contribution in [2.75, 3.05) is 19.8 Å². The van der Waals surface area contributed by atoms with Crippen LogP contribution in [0.15, 0.2) is 47.4 Å². The Hall–Kier alpha value is -3.19. The number of para-hydroxylation sites is 1. The largest absolute Gasteiger partial charge is 0.489 e. The Balaban J connectivity index is 1.39. The van der Waals surface area contributed by atoms with Crippen molar-refractivity contribution in [3.63, 3.8) is 0 Å². The molecule has 31 heavy (non-hydrogen) atoms. The van der Waals surface area contributed by atoms with E-state index >= 15 is 0 Å². The Morgan fingerprint density at radius 2 is 2.13 bits per heavy atom. The van der Waals surface area contributed by atoms with Crippen LogP contribution in [0.1, 0.15) is 34.5 Å². The minimum atomic E-state index is -0.389. The summed E-state index contributed by atoms with van der Waals surface area (Å²) in [6.07, 6.45) is 3.70. The van der Waals surface area contributed by atoms with Crippen LogP contribution in [-0.4, -0.2) is 41.3 Å². The normalized spacial score (nSPS) is 15.9. The van der Waals surface area contributed by atoms with Gasteiger partial charge in [0.05, 0.1) is 19.2 Å². The van der Waals surface area contributed by atoms with Crippen molar-refractivity contribution < 1.29 is 14.3 Å². The topological polar surface area (TPSA) is 82.5 Å². The fourth-order valence-electron chi connectivity index (χ4n) is 3.84. The number of carbonyl (C=O) groups is 1. The van der Waals surface area contributed by atoms with Gasteiger partial charge in [-0.25, -0.2) is 4.98 Å². The predicted octanol–water partition coefficient (Wildman–Crippen LogP) is 3.00. The van der Waals surface area contributed by atoms with Crippen molar-refractivity contribution in [1.82, 2.24) is 14.9 Å². The number of ether oxygens (including phenoxy) is 2. The van der Waals surface area contributed by atoms with E-state index in [4.69, 9.17) is 9.47 Å². The maximum atomic E-state index is 12.9. The third-order valence-corrected chi connectivity index (χ3v) is 5.49. The van der Waals surface area contributed by atoms with Gasteiger partial charge in [-0.2, -0.15) is 0 Å². The van der Waals surface area contributed by atoms with Crippen molar-refractivity contribution in [3.05, 3.63) is 69.8 Å². The number of hydrogen-bond acceptors (Lipinski definition) is 5. The fraction of sp³-hybridized carbons (Fsp3) is 0.375. The second-order valence-corrected chi connectivity index (χ2v) is 7.85. The maximum absolute atomic E-state index is 12.9. The summed E-state index contributed by atoms with van der Waals surface area (Å²) in [5, 5.41) is 3.80. The van der Waals surface area contributed by atoms with Gasteiger partial charge < -0.3 is 19.4 Å². The number of benzene rings is 1. The maximum Gasteiger partial charge on any atom is 0.263 e. The molecule has 7 heteroatoms. The van der Waals surface area contributed by atoms with Crippen LogP contribution in [0.5, 0.6) is 5.75 Å². The number of fused-ring (bicyclic) bond motifs is 1. The zero-order valence-electron chi connectivity index (χ0n) is 17.9. The quantitative estimate of drug-likeness (QED) is 0.593. The first-order valence-corrected chi connectivity index (χ1v) is 10.6. The number of hydrogen-bond donors (Lipinski definition) is 1. The van der Waals surface area contributed by atoms with Crippen molar-refractivity contribution in [3.8, 4) is 5.75 Å². The second kappa shape index (κ2) is 9.31. The smallest absolute Gasteiger partial charge is 0.263 e. The molecule has 4 rings (SSSR count). The summed E-state index contributed by atoms with van der Waals surface area (Å²) in [5.41, 5.74) is 2.24. The molecule has 0 radical (unpaired) electrons. The number of nitrogens with one attached hydrogen (secondary N) is 1. The summed E-state index contributed by atoms with van der Waals surface area (Å²) in [6.45, 7) is 5.45. The van der Waals surface area contributed by atoms with E-state index in [0.29, 0.717) is 17.9 Å². The Kier molecular flexibility index (Phi) is 6.32. The highest BCUT2D eigenvalue weighted by Crippen LogP contribution is 2.23. The molecule has 7 nitrogen and oxygen atoms in total. The molecule has 0 aliphatic carbocycles. The Morgan fingerprint density at radius 3 is 2.94 bits per heavy atom. The standard InChI is InChI=1S/C24H27N3O4/c1-16-10-12-27(15-19-6-4-13-30-19)24(29)21(16)23(28)25-11-14-31-20-7-3-5-18-9-8-17(2)26-22(18)20/h3,5,7-10,12,19H,4,6,11,13-15H2,1-2H3,(H,25,28). The van der Waals surface area contributed by atoms with E-state index in [9.17, 15) is 9.59 Å². The first-order chi connectivity index (χ1) is 15.0. The van der Waals surface area contributed by atoms with E-state index in [-0.39, 0.29) is 36.3 Å². The predicted molar refractivity (Wildman–Crippen MR) is 119 cm³/mol. The highest BCUT2D eigenvalue weighted by atomic mass is 16.5. The number of pyridine rings is 2. The van der Waals surface area contributed by atoms with Crippen LogP contribution in [0.25, 0.3) is 10.9 Å². The van der Waals surface area contributed by atoms with Crippen LogP contribution in [0.3, 0.4) is 0 Å². The number of rotatable bonds is 7. The third-order valence-electron chi connectivity index (χ3n) is 5.49. The zero-order valence-corrected chi connectivity index (χ0v) is 17.9. The summed E-state index contributed by atoms with van der Waals surface area (Å²) < 4.78 is 13.0. The summed E-state index contributed by atoms with van der Waals surface area (Å²) >= 11 is 0. The SMILES string of the molecule is Cc1ccc2cccc(OCCNC(=O)c3c(C)ccn(CC4CCCO4)c3=O)c2n1. The molecular weight excluding hydrogens is 394 g/mol. The van der Waals surface area contributed by atoms with Gasteiger partial charge in [0.25, 0.3) is 11.5 Å². The monoisotopic (exact) mass is 421 g/mol. The first kappa shape index (κ1) is 21.1. The molecule has 1 fully saturated rings. The van der Waals surface area contributed by atoms with Crippen molar-refractivity contribution in [1.29, 1.82) is 0 Å². The summed E-state index contributed by atoms with van der Waals surface area (Å²) in [6, 6.07) is 11.5. The highest BCUT2D eigenvalue weighted by molar-refractivity contribution is 5.95. The molecule has 3 heterocycles. The molecule has 1 amide bonds. The van der Waals surface area contributed by atoms with Gasteiger partial charge >= 0.3 is 0 Å². The molecule has 1 aromatic carbocycles. The number of aryl methyl sites for hydroxylation is 2. The molecule has 0 bridgehead atoms. The Labute approximate surface area is 181 Å². The average molecular weight is 421 g/mol. The molecule has 0 spiro atoms. The molecule has 0 saturated carbocycles. The van der Waals surface area contributed by atoms with Crippen LogP contribution in [0.2, 0.25) is 0 Å². The van der Waals surface area contributed by atoms with Gasteiger partial charge in [-0.3, -0.25) is 9.59 Å². The van der Waals surface area contributed by atoms with Crippen molar-refractivity contribution in [2.45, 2.75) is 39.3 Å². The summed E-state index contributed by atoms with van der Waals surface area (Å²) in [7, 11) is 0. The Bertz CT molecular complexity index is 1150. The minimum absolute atomic E-state index is 0.0302. The second-order valence-electron chi connectivity index (χ2n) is 7.85. The van der Waals surface area contributed by atoms with Gasteiger partial charge in [-0.05, 0) is 50.5 Å². The molecular formula is C24H27N3O4. The summed E-state index contributed by atoms with van der Waals surface area (Å²) in [4.78, 5) is 30.1. The van der Waals surface area contributed by atoms with Gasteiger partial charge in [0, 0.05) is 23.9 Å². The van der Waals surface area contributed by atoms with Crippen molar-refractivity contribution in [2.24, 2.45) is 0 Å². The first-order valence-electron chi connectivity index (χ1n) is 10.6. The van der Waals surface area contributed by atoms with E-state index in [0.717, 1.165) is 36.0 Å².